The number of carbonyl (C=O) groups is 2. The number of thiophene rings is 1. The summed E-state index contributed by atoms with van der Waals surface area (Å²) in [6, 6.07) is 4.98. The average molecular weight is 479 g/mol. The van der Waals surface area contributed by atoms with E-state index in [0.29, 0.717) is 40.5 Å². The first-order chi connectivity index (χ1) is 15.8. The van der Waals surface area contributed by atoms with Gasteiger partial charge in [-0.05, 0) is 57.2 Å². The SMILES string of the molecule is CCCN(C)C(=O)OCc1cc(F)sc1-c1ccc(O[C@H]2CCC[C@H](C(=O)OC)C2)c(C)n1. The molecule has 0 unspecified atom stereocenters. The van der Waals surface area contributed by atoms with Crippen LogP contribution in [0.3, 0.4) is 0 Å². The van der Waals surface area contributed by atoms with E-state index < -0.39 is 6.09 Å². The Kier molecular flexibility index (Phi) is 8.66. The summed E-state index contributed by atoms with van der Waals surface area (Å²) < 4.78 is 30.5. The van der Waals surface area contributed by atoms with Crippen molar-refractivity contribution in [2.45, 2.75) is 58.7 Å². The topological polar surface area (TPSA) is 78.0 Å². The molecular formula is C24H31FN2O5S. The zero-order valence-corrected chi connectivity index (χ0v) is 20.4. The Morgan fingerprint density at radius 1 is 1.30 bits per heavy atom. The highest BCUT2D eigenvalue weighted by Gasteiger charge is 2.29. The van der Waals surface area contributed by atoms with Gasteiger partial charge in [0.05, 0.1) is 35.4 Å². The van der Waals surface area contributed by atoms with Gasteiger partial charge in [0.1, 0.15) is 12.4 Å². The van der Waals surface area contributed by atoms with E-state index in [1.165, 1.54) is 18.1 Å². The Balaban J connectivity index is 1.70. The maximum Gasteiger partial charge on any atom is 0.409 e. The molecule has 0 aromatic carbocycles. The molecule has 0 saturated heterocycles. The number of pyridine rings is 1. The molecule has 0 spiro atoms. The Morgan fingerprint density at radius 2 is 2.09 bits per heavy atom. The van der Waals surface area contributed by atoms with E-state index in [0.717, 1.165) is 37.0 Å². The van der Waals surface area contributed by atoms with Crippen LogP contribution < -0.4 is 4.74 Å². The van der Waals surface area contributed by atoms with Gasteiger partial charge in [0.15, 0.2) is 5.13 Å². The first-order valence-corrected chi connectivity index (χ1v) is 12.0. The molecule has 2 aromatic heterocycles. The molecule has 2 heterocycles. The van der Waals surface area contributed by atoms with Gasteiger partial charge < -0.3 is 19.1 Å². The van der Waals surface area contributed by atoms with Crippen molar-refractivity contribution in [2.75, 3.05) is 20.7 Å². The van der Waals surface area contributed by atoms with E-state index in [2.05, 4.69) is 4.98 Å². The number of rotatable bonds is 8. The molecule has 0 N–H and O–H groups in total. The Labute approximate surface area is 197 Å². The van der Waals surface area contributed by atoms with E-state index in [9.17, 15) is 14.0 Å². The summed E-state index contributed by atoms with van der Waals surface area (Å²) in [5.41, 5.74) is 1.84. The third kappa shape index (κ3) is 6.43. The van der Waals surface area contributed by atoms with Crippen LogP contribution in [0.4, 0.5) is 9.18 Å². The largest absolute Gasteiger partial charge is 0.489 e. The molecule has 9 heteroatoms. The number of hydrogen-bond acceptors (Lipinski definition) is 7. The van der Waals surface area contributed by atoms with Crippen molar-refractivity contribution in [3.05, 3.63) is 34.6 Å². The standard InChI is InChI=1S/C24H31FN2O5S/c1-5-11-27(3)24(29)31-14-17-13-21(25)33-22(17)19-9-10-20(15(2)26-19)32-18-8-6-7-16(12-18)23(28)30-4/h9-10,13,16,18H,5-8,11-12,14H2,1-4H3/t16-,18-/m0/s1. The lowest BCUT2D eigenvalue weighted by molar-refractivity contribution is -0.147. The van der Waals surface area contributed by atoms with Gasteiger partial charge in [-0.1, -0.05) is 6.92 Å². The Morgan fingerprint density at radius 3 is 2.79 bits per heavy atom. The van der Waals surface area contributed by atoms with Crippen LogP contribution in [0.15, 0.2) is 18.2 Å². The second-order valence-electron chi connectivity index (χ2n) is 8.29. The summed E-state index contributed by atoms with van der Waals surface area (Å²) in [6.07, 6.45) is 3.50. The zero-order chi connectivity index (χ0) is 24.0. The minimum absolute atomic E-state index is 0.0292. The minimum Gasteiger partial charge on any atom is -0.489 e. The second-order valence-corrected chi connectivity index (χ2v) is 9.29. The third-order valence-corrected chi connectivity index (χ3v) is 6.71. The molecule has 33 heavy (non-hydrogen) atoms. The predicted octanol–water partition coefficient (Wildman–Crippen LogP) is 5.35. The molecule has 1 aliphatic rings. The molecule has 1 amide bonds. The van der Waals surface area contributed by atoms with Gasteiger partial charge in [-0.15, -0.1) is 11.3 Å². The molecule has 0 bridgehead atoms. The van der Waals surface area contributed by atoms with Gasteiger partial charge in [-0.3, -0.25) is 4.79 Å². The van der Waals surface area contributed by atoms with E-state index in [4.69, 9.17) is 14.2 Å². The lowest BCUT2D eigenvalue weighted by Gasteiger charge is -2.28. The molecule has 3 rings (SSSR count). The van der Waals surface area contributed by atoms with E-state index in [-0.39, 0.29) is 29.7 Å². The van der Waals surface area contributed by atoms with Crippen LogP contribution in [0.2, 0.25) is 0 Å². The highest BCUT2D eigenvalue weighted by Crippen LogP contribution is 2.34. The fraction of sp³-hybridized carbons (Fsp3) is 0.542. The lowest BCUT2D eigenvalue weighted by Crippen LogP contribution is -2.30. The molecular weight excluding hydrogens is 447 g/mol. The van der Waals surface area contributed by atoms with Crippen molar-refractivity contribution in [2.24, 2.45) is 5.92 Å². The highest BCUT2D eigenvalue weighted by molar-refractivity contribution is 7.14. The predicted molar refractivity (Wildman–Crippen MR) is 124 cm³/mol. The van der Waals surface area contributed by atoms with Crippen LogP contribution in [-0.4, -0.2) is 48.8 Å². The third-order valence-electron chi connectivity index (χ3n) is 5.72. The average Bonchev–Trinajstić information content (AvgIpc) is 3.19. The van der Waals surface area contributed by atoms with Gasteiger partial charge in [0.2, 0.25) is 0 Å². The van der Waals surface area contributed by atoms with Gasteiger partial charge in [0, 0.05) is 19.2 Å². The number of aromatic nitrogens is 1. The molecule has 1 saturated carbocycles. The molecule has 0 radical (unpaired) electrons. The molecule has 2 aromatic rings. The number of nitrogens with zero attached hydrogens (tertiary/aromatic N) is 2. The number of aryl methyl sites for hydroxylation is 1. The number of carbonyl (C=O) groups excluding carboxylic acids is 2. The fourth-order valence-electron chi connectivity index (χ4n) is 4.01. The first-order valence-electron chi connectivity index (χ1n) is 11.2. The number of hydrogen-bond donors (Lipinski definition) is 0. The first kappa shape index (κ1) is 25.0. The molecule has 2 atom stereocenters. The Bertz CT molecular complexity index is 980. The molecule has 7 nitrogen and oxygen atoms in total. The summed E-state index contributed by atoms with van der Waals surface area (Å²) >= 11 is 0.968. The number of esters is 1. The normalized spacial score (nSPS) is 18.0. The van der Waals surface area contributed by atoms with Crippen LogP contribution in [0.25, 0.3) is 10.6 Å². The van der Waals surface area contributed by atoms with E-state index >= 15 is 0 Å². The molecule has 180 valence electrons. The molecule has 1 aliphatic carbocycles. The van der Waals surface area contributed by atoms with Gasteiger partial charge in [-0.2, -0.15) is 4.39 Å². The quantitative estimate of drug-likeness (QED) is 0.476. The van der Waals surface area contributed by atoms with Crippen LogP contribution in [0.5, 0.6) is 5.75 Å². The Hall–Kier alpha value is -2.68. The number of halogens is 1. The summed E-state index contributed by atoms with van der Waals surface area (Å²) in [6.45, 7) is 4.37. The monoisotopic (exact) mass is 478 g/mol. The van der Waals surface area contributed by atoms with Gasteiger partial charge in [0.25, 0.3) is 0 Å². The maximum absolute atomic E-state index is 14.1. The van der Waals surface area contributed by atoms with Crippen LogP contribution >= 0.6 is 11.3 Å². The maximum atomic E-state index is 14.1. The molecule has 1 fully saturated rings. The smallest absolute Gasteiger partial charge is 0.409 e. The van der Waals surface area contributed by atoms with Crippen LogP contribution in [0.1, 0.15) is 50.3 Å². The minimum atomic E-state index is -0.444. The zero-order valence-electron chi connectivity index (χ0n) is 19.6. The van der Waals surface area contributed by atoms with Crippen molar-refractivity contribution < 1.29 is 28.2 Å². The van der Waals surface area contributed by atoms with Crippen molar-refractivity contribution in [3.8, 4) is 16.3 Å². The summed E-state index contributed by atoms with van der Waals surface area (Å²) in [7, 11) is 3.08. The van der Waals surface area contributed by atoms with Crippen LogP contribution in [0, 0.1) is 18.0 Å². The van der Waals surface area contributed by atoms with E-state index in [1.807, 2.05) is 19.9 Å². The van der Waals surface area contributed by atoms with Gasteiger partial charge >= 0.3 is 12.1 Å². The van der Waals surface area contributed by atoms with Crippen molar-refractivity contribution in [1.82, 2.24) is 9.88 Å². The number of methoxy groups -OCH3 is 1. The summed E-state index contributed by atoms with van der Waals surface area (Å²) in [5, 5.41) is -0.367. The van der Waals surface area contributed by atoms with Crippen molar-refractivity contribution in [1.29, 1.82) is 0 Å². The number of amides is 1. The van der Waals surface area contributed by atoms with Crippen molar-refractivity contribution in [3.63, 3.8) is 0 Å². The fourth-order valence-corrected chi connectivity index (χ4v) is 4.87. The second kappa shape index (κ2) is 11.4. The summed E-state index contributed by atoms with van der Waals surface area (Å²) in [4.78, 5) is 30.7. The van der Waals surface area contributed by atoms with E-state index in [1.54, 1.807) is 13.1 Å². The summed E-state index contributed by atoms with van der Waals surface area (Å²) in [5.74, 6) is 0.305. The van der Waals surface area contributed by atoms with Gasteiger partial charge in [-0.25, -0.2) is 9.78 Å². The molecule has 0 aliphatic heterocycles. The van der Waals surface area contributed by atoms with Crippen LogP contribution in [-0.2, 0) is 20.9 Å². The number of ether oxygens (including phenoxy) is 3. The highest BCUT2D eigenvalue weighted by atomic mass is 32.1. The van der Waals surface area contributed by atoms with Crippen molar-refractivity contribution >= 4 is 23.4 Å². The lowest BCUT2D eigenvalue weighted by atomic mass is 9.87.